The van der Waals surface area contributed by atoms with Crippen LogP contribution in [0.2, 0.25) is 5.02 Å². The lowest BCUT2D eigenvalue weighted by molar-refractivity contribution is -0.127. The number of carbonyl (C=O) groups excluding carboxylic acids is 2. The second kappa shape index (κ2) is 6.85. The van der Waals surface area contributed by atoms with E-state index in [0.717, 1.165) is 4.90 Å². The van der Waals surface area contributed by atoms with Crippen LogP contribution < -0.4 is 19.9 Å². The Bertz CT molecular complexity index is 1030. The topological polar surface area (TPSA) is 77.1 Å². The Kier molecular flexibility index (Phi) is 4.49. The van der Waals surface area contributed by atoms with Crippen LogP contribution in [0.3, 0.4) is 0 Å². The van der Waals surface area contributed by atoms with E-state index in [0.29, 0.717) is 39.0 Å². The van der Waals surface area contributed by atoms with Crippen molar-refractivity contribution in [3.63, 3.8) is 0 Å². The second-order valence-corrected chi connectivity index (χ2v) is 6.72. The highest BCUT2D eigenvalue weighted by Crippen LogP contribution is 2.40. The Labute approximate surface area is 166 Å². The van der Waals surface area contributed by atoms with Crippen molar-refractivity contribution in [1.29, 1.82) is 0 Å². The number of benzene rings is 2. The largest absolute Gasteiger partial charge is 0.497 e. The number of anilines is 1. The van der Waals surface area contributed by atoms with Gasteiger partial charge in [0, 0.05) is 10.6 Å². The normalized spacial score (nSPS) is 18.4. The first-order chi connectivity index (χ1) is 13.5. The summed E-state index contributed by atoms with van der Waals surface area (Å²) in [5.41, 5.74) is 4.94. The molecule has 28 heavy (non-hydrogen) atoms. The van der Waals surface area contributed by atoms with Crippen molar-refractivity contribution < 1.29 is 23.9 Å². The molecule has 8 heteroatoms. The summed E-state index contributed by atoms with van der Waals surface area (Å²) in [5.74, 6) is 0.145. The number of methoxy groups -OCH3 is 2. The molecule has 2 aromatic carbocycles. The van der Waals surface area contributed by atoms with Gasteiger partial charge >= 0.3 is 0 Å². The summed E-state index contributed by atoms with van der Waals surface area (Å²) in [7, 11) is 3.06. The van der Waals surface area contributed by atoms with Gasteiger partial charge in [-0.3, -0.25) is 19.9 Å². The van der Waals surface area contributed by atoms with Gasteiger partial charge in [-0.1, -0.05) is 17.7 Å². The van der Waals surface area contributed by atoms with Crippen LogP contribution in [0, 0.1) is 6.92 Å². The molecule has 1 N–H and O–H groups in total. The zero-order valence-corrected chi connectivity index (χ0v) is 16.2. The maximum atomic E-state index is 13.2. The molecule has 0 aliphatic carbocycles. The first-order valence-electron chi connectivity index (χ1n) is 8.49. The number of hydrogen-bond donors (Lipinski definition) is 1. The molecule has 2 heterocycles. The fourth-order valence-corrected chi connectivity index (χ4v) is 3.54. The first kappa shape index (κ1) is 18.3. The standard InChI is InChI=1S/C20H17ClN2O5/c1-10-13(21)5-4-6-14(10)23-19(24)16-17(22-28-18(16)20(23)25)12-9-11(26-2)7-8-15(12)27-3/h4-9,18,22H,1-3H3/t18-/m0/s1. The number of halogens is 1. The van der Waals surface area contributed by atoms with Crippen LogP contribution in [-0.4, -0.2) is 32.1 Å². The van der Waals surface area contributed by atoms with E-state index in [1.54, 1.807) is 50.4 Å². The van der Waals surface area contributed by atoms with E-state index >= 15 is 0 Å². The van der Waals surface area contributed by atoms with Crippen LogP contribution in [0.15, 0.2) is 42.0 Å². The molecule has 0 spiro atoms. The van der Waals surface area contributed by atoms with Gasteiger partial charge < -0.3 is 9.47 Å². The molecule has 2 aliphatic heterocycles. The van der Waals surface area contributed by atoms with Crippen molar-refractivity contribution in [2.75, 3.05) is 19.1 Å². The molecule has 2 aliphatic rings. The third-order valence-electron chi connectivity index (χ3n) is 4.84. The molecule has 0 radical (unpaired) electrons. The van der Waals surface area contributed by atoms with Gasteiger partial charge in [0.25, 0.3) is 11.8 Å². The predicted octanol–water partition coefficient (Wildman–Crippen LogP) is 2.85. The highest BCUT2D eigenvalue weighted by molar-refractivity contribution is 6.35. The van der Waals surface area contributed by atoms with Crippen molar-refractivity contribution in [2.24, 2.45) is 0 Å². The molecule has 0 saturated carbocycles. The van der Waals surface area contributed by atoms with E-state index in [4.69, 9.17) is 25.9 Å². The molecular formula is C20H17ClN2O5. The number of carbonyl (C=O) groups is 2. The molecule has 1 fully saturated rings. The fourth-order valence-electron chi connectivity index (χ4n) is 3.37. The summed E-state index contributed by atoms with van der Waals surface area (Å²) in [6.07, 6.45) is -1.04. The van der Waals surface area contributed by atoms with E-state index < -0.39 is 17.9 Å². The third kappa shape index (κ3) is 2.63. The molecule has 0 unspecified atom stereocenters. The van der Waals surface area contributed by atoms with Gasteiger partial charge in [0.05, 0.1) is 31.2 Å². The SMILES string of the molecule is COc1ccc(OC)c(C2=C3C(=O)N(c4cccc(Cl)c4C)C(=O)[C@H]3ON2)c1. The van der Waals surface area contributed by atoms with Crippen LogP contribution in [0.1, 0.15) is 11.1 Å². The predicted molar refractivity (Wildman–Crippen MR) is 103 cm³/mol. The van der Waals surface area contributed by atoms with Gasteiger partial charge in [0.15, 0.2) is 6.10 Å². The first-order valence-corrected chi connectivity index (χ1v) is 8.87. The van der Waals surface area contributed by atoms with E-state index in [2.05, 4.69) is 5.48 Å². The molecule has 1 saturated heterocycles. The van der Waals surface area contributed by atoms with Gasteiger partial charge in [0.2, 0.25) is 0 Å². The minimum Gasteiger partial charge on any atom is -0.497 e. The van der Waals surface area contributed by atoms with Gasteiger partial charge in [-0.25, -0.2) is 4.90 Å². The molecule has 0 bridgehead atoms. The van der Waals surface area contributed by atoms with Gasteiger partial charge in [-0.2, -0.15) is 0 Å². The van der Waals surface area contributed by atoms with E-state index in [9.17, 15) is 9.59 Å². The molecule has 0 aromatic heterocycles. The van der Waals surface area contributed by atoms with Crippen LogP contribution in [0.4, 0.5) is 5.69 Å². The van der Waals surface area contributed by atoms with Gasteiger partial charge in [-0.15, -0.1) is 0 Å². The maximum Gasteiger partial charge on any atom is 0.270 e. The Balaban J connectivity index is 1.86. The van der Waals surface area contributed by atoms with Crippen molar-refractivity contribution >= 4 is 34.8 Å². The Morgan fingerprint density at radius 3 is 2.64 bits per heavy atom. The number of rotatable bonds is 4. The highest BCUT2D eigenvalue weighted by atomic mass is 35.5. The van der Waals surface area contributed by atoms with Crippen molar-refractivity contribution in [2.45, 2.75) is 13.0 Å². The summed E-state index contributed by atoms with van der Waals surface area (Å²) in [6, 6.07) is 10.2. The highest BCUT2D eigenvalue weighted by Gasteiger charge is 2.51. The maximum absolute atomic E-state index is 13.2. The molecule has 1 atom stereocenters. The number of imide groups is 1. The lowest BCUT2D eigenvalue weighted by Crippen LogP contribution is -2.34. The minimum atomic E-state index is -1.04. The van der Waals surface area contributed by atoms with Crippen molar-refractivity contribution in [3.8, 4) is 11.5 Å². The molecule has 7 nitrogen and oxygen atoms in total. The number of fused-ring (bicyclic) bond motifs is 1. The number of nitrogens with one attached hydrogen (secondary N) is 1. The summed E-state index contributed by atoms with van der Waals surface area (Å²) in [4.78, 5) is 32.7. The summed E-state index contributed by atoms with van der Waals surface area (Å²) < 4.78 is 10.7. The molecule has 2 aromatic rings. The molecule has 4 rings (SSSR count). The summed E-state index contributed by atoms with van der Waals surface area (Å²) in [5, 5.41) is 0.470. The monoisotopic (exact) mass is 400 g/mol. The summed E-state index contributed by atoms with van der Waals surface area (Å²) in [6.45, 7) is 1.76. The number of amides is 2. The van der Waals surface area contributed by atoms with Gasteiger partial charge in [0.1, 0.15) is 11.5 Å². The summed E-state index contributed by atoms with van der Waals surface area (Å²) >= 11 is 6.17. The van der Waals surface area contributed by atoms with Crippen molar-refractivity contribution in [3.05, 3.63) is 58.1 Å². The Hall–Kier alpha value is -3.03. The number of nitrogens with zero attached hydrogens (tertiary/aromatic N) is 1. The number of hydroxylamine groups is 1. The minimum absolute atomic E-state index is 0.218. The van der Waals surface area contributed by atoms with E-state index in [1.165, 1.54) is 7.11 Å². The quantitative estimate of drug-likeness (QED) is 0.795. The third-order valence-corrected chi connectivity index (χ3v) is 5.25. The van der Waals surface area contributed by atoms with Crippen LogP contribution in [-0.2, 0) is 14.4 Å². The lowest BCUT2D eigenvalue weighted by atomic mass is 10.0. The number of hydrogen-bond acceptors (Lipinski definition) is 6. The zero-order chi connectivity index (χ0) is 20.0. The fraction of sp³-hybridized carbons (Fsp3) is 0.200. The Morgan fingerprint density at radius 2 is 1.93 bits per heavy atom. The second-order valence-electron chi connectivity index (χ2n) is 6.32. The molecule has 2 amide bonds. The zero-order valence-electron chi connectivity index (χ0n) is 15.4. The Morgan fingerprint density at radius 1 is 1.14 bits per heavy atom. The van der Waals surface area contributed by atoms with Crippen molar-refractivity contribution in [1.82, 2.24) is 5.48 Å². The van der Waals surface area contributed by atoms with E-state index in [1.807, 2.05) is 0 Å². The average molecular weight is 401 g/mol. The lowest BCUT2D eigenvalue weighted by Gasteiger charge is -2.19. The smallest absolute Gasteiger partial charge is 0.270 e. The van der Waals surface area contributed by atoms with E-state index in [-0.39, 0.29) is 5.57 Å². The van der Waals surface area contributed by atoms with Crippen LogP contribution in [0.25, 0.3) is 5.70 Å². The van der Waals surface area contributed by atoms with Crippen LogP contribution in [0.5, 0.6) is 11.5 Å². The molecular weight excluding hydrogens is 384 g/mol. The molecule has 144 valence electrons. The number of ether oxygens (including phenoxy) is 2. The van der Waals surface area contributed by atoms with Gasteiger partial charge in [-0.05, 0) is 42.8 Å². The van der Waals surface area contributed by atoms with Crippen LogP contribution >= 0.6 is 11.6 Å². The average Bonchev–Trinajstić information content (AvgIpc) is 3.24.